The lowest BCUT2D eigenvalue weighted by Gasteiger charge is -2.19. The third kappa shape index (κ3) is 4.29. The van der Waals surface area contributed by atoms with Crippen LogP contribution >= 0.6 is 0 Å². The van der Waals surface area contributed by atoms with Crippen molar-refractivity contribution in [1.29, 1.82) is 5.26 Å². The zero-order valence-electron chi connectivity index (χ0n) is 10.5. The van der Waals surface area contributed by atoms with Gasteiger partial charge in [-0.3, -0.25) is 0 Å². The molecular weight excluding hydrogens is 234 g/mol. The van der Waals surface area contributed by atoms with E-state index in [0.29, 0.717) is 5.56 Å². The molecule has 0 unspecified atom stereocenters. The van der Waals surface area contributed by atoms with Crippen molar-refractivity contribution in [2.24, 2.45) is 0 Å². The number of amides is 1. The van der Waals surface area contributed by atoms with E-state index in [1.807, 2.05) is 0 Å². The van der Waals surface area contributed by atoms with E-state index >= 15 is 0 Å². The minimum atomic E-state index is -0.560. The van der Waals surface area contributed by atoms with Crippen molar-refractivity contribution < 1.29 is 14.6 Å². The fourth-order valence-corrected chi connectivity index (χ4v) is 1.17. The number of aromatic hydroxyl groups is 1. The summed E-state index contributed by atoms with van der Waals surface area (Å²) in [5, 5.41) is 20.5. The van der Waals surface area contributed by atoms with Crippen LogP contribution in [0.3, 0.4) is 0 Å². The van der Waals surface area contributed by atoms with Gasteiger partial charge in [-0.2, -0.15) is 5.26 Å². The highest BCUT2D eigenvalue weighted by atomic mass is 16.6. The predicted octanol–water partition coefficient (Wildman–Crippen LogP) is 1.68. The molecule has 0 aliphatic rings. The van der Waals surface area contributed by atoms with E-state index in [4.69, 9.17) is 10.00 Å². The van der Waals surface area contributed by atoms with Crippen molar-refractivity contribution in [3.05, 3.63) is 23.5 Å². The summed E-state index contributed by atoms with van der Waals surface area (Å²) in [4.78, 5) is 15.1. The Balaban J connectivity index is 2.57. The van der Waals surface area contributed by atoms with Crippen LogP contribution in [0.25, 0.3) is 0 Å². The Morgan fingerprint density at radius 3 is 2.78 bits per heavy atom. The molecule has 0 atom stereocenters. The molecule has 1 heterocycles. The first-order chi connectivity index (χ1) is 8.31. The fourth-order valence-electron chi connectivity index (χ4n) is 1.17. The van der Waals surface area contributed by atoms with E-state index in [1.54, 1.807) is 26.8 Å². The Bertz CT molecular complexity index is 486. The van der Waals surface area contributed by atoms with Gasteiger partial charge in [0.2, 0.25) is 0 Å². The predicted molar refractivity (Wildman–Crippen MR) is 63.7 cm³/mol. The molecule has 0 saturated carbocycles. The second kappa shape index (κ2) is 5.36. The van der Waals surface area contributed by atoms with E-state index in [9.17, 15) is 9.90 Å². The Kier molecular flexibility index (Phi) is 4.10. The van der Waals surface area contributed by atoms with Crippen molar-refractivity contribution in [2.45, 2.75) is 32.9 Å². The van der Waals surface area contributed by atoms with E-state index in [2.05, 4.69) is 10.3 Å². The summed E-state index contributed by atoms with van der Waals surface area (Å²) in [6.07, 6.45) is 0.863. The van der Waals surface area contributed by atoms with Gasteiger partial charge in [0, 0.05) is 12.7 Å². The van der Waals surface area contributed by atoms with Crippen LogP contribution in [0.4, 0.5) is 4.79 Å². The summed E-state index contributed by atoms with van der Waals surface area (Å²) in [6, 6.07) is 3.12. The number of nitriles is 1. The van der Waals surface area contributed by atoms with Crippen LogP contribution in [0, 0.1) is 11.3 Å². The number of aromatic nitrogens is 1. The lowest BCUT2D eigenvalue weighted by atomic mass is 10.2. The van der Waals surface area contributed by atoms with Gasteiger partial charge in [0.25, 0.3) is 0 Å². The van der Waals surface area contributed by atoms with Crippen LogP contribution in [-0.4, -0.2) is 21.8 Å². The van der Waals surface area contributed by atoms with Crippen molar-refractivity contribution >= 4 is 6.09 Å². The number of ether oxygens (including phenoxy) is 1. The first-order valence-corrected chi connectivity index (χ1v) is 5.36. The highest BCUT2D eigenvalue weighted by Crippen LogP contribution is 2.14. The summed E-state index contributed by atoms with van der Waals surface area (Å²) in [6.45, 7) is 5.46. The average molecular weight is 249 g/mol. The third-order valence-corrected chi connectivity index (χ3v) is 1.87. The smallest absolute Gasteiger partial charge is 0.407 e. The van der Waals surface area contributed by atoms with Crippen molar-refractivity contribution in [2.75, 3.05) is 0 Å². The highest BCUT2D eigenvalue weighted by Gasteiger charge is 2.15. The Labute approximate surface area is 105 Å². The second-order valence-corrected chi connectivity index (χ2v) is 4.68. The maximum Gasteiger partial charge on any atom is 0.407 e. The molecule has 1 aromatic heterocycles. The van der Waals surface area contributed by atoms with Gasteiger partial charge in [-0.25, -0.2) is 9.78 Å². The number of rotatable bonds is 2. The number of nitrogens with one attached hydrogen (secondary N) is 1. The number of alkyl carbamates (subject to hydrolysis) is 1. The fraction of sp³-hybridized carbons (Fsp3) is 0.417. The summed E-state index contributed by atoms with van der Waals surface area (Å²) >= 11 is 0. The molecule has 0 aromatic carbocycles. The van der Waals surface area contributed by atoms with Crippen LogP contribution in [-0.2, 0) is 11.3 Å². The van der Waals surface area contributed by atoms with Crippen LogP contribution < -0.4 is 5.32 Å². The van der Waals surface area contributed by atoms with Crippen LogP contribution in [0.2, 0.25) is 0 Å². The number of carbonyl (C=O) groups excluding carboxylic acids is 1. The molecule has 0 aliphatic heterocycles. The molecule has 0 fully saturated rings. The third-order valence-electron chi connectivity index (χ3n) is 1.87. The SMILES string of the molecule is CC(C)(C)OC(=O)NCc1cnc(C#N)c(O)c1. The number of nitrogens with zero attached hydrogens (tertiary/aromatic N) is 2. The molecule has 2 N–H and O–H groups in total. The molecule has 6 nitrogen and oxygen atoms in total. The second-order valence-electron chi connectivity index (χ2n) is 4.68. The largest absolute Gasteiger partial charge is 0.505 e. The van der Waals surface area contributed by atoms with Gasteiger partial charge in [-0.1, -0.05) is 0 Å². The zero-order chi connectivity index (χ0) is 13.8. The molecule has 0 aliphatic carbocycles. The van der Waals surface area contributed by atoms with Gasteiger partial charge >= 0.3 is 6.09 Å². The van der Waals surface area contributed by atoms with Gasteiger partial charge < -0.3 is 15.2 Å². The van der Waals surface area contributed by atoms with Gasteiger partial charge in [0.05, 0.1) is 0 Å². The summed E-state index contributed by atoms with van der Waals surface area (Å²) in [7, 11) is 0. The lowest BCUT2D eigenvalue weighted by molar-refractivity contribution is 0.0523. The minimum absolute atomic E-state index is 0.0454. The monoisotopic (exact) mass is 249 g/mol. The van der Waals surface area contributed by atoms with Crippen LogP contribution in [0.5, 0.6) is 5.75 Å². The maximum atomic E-state index is 11.4. The molecule has 1 rings (SSSR count). The Hall–Kier alpha value is -2.29. The number of hydrogen-bond donors (Lipinski definition) is 2. The van der Waals surface area contributed by atoms with Gasteiger partial charge in [0.1, 0.15) is 11.7 Å². The molecule has 1 amide bonds. The van der Waals surface area contributed by atoms with E-state index in [1.165, 1.54) is 12.3 Å². The molecule has 1 aromatic rings. The van der Waals surface area contributed by atoms with Gasteiger partial charge in [0.15, 0.2) is 11.4 Å². The first kappa shape index (κ1) is 13.8. The number of carbonyl (C=O) groups is 1. The number of pyridine rings is 1. The summed E-state index contributed by atoms with van der Waals surface area (Å²) < 4.78 is 5.05. The van der Waals surface area contributed by atoms with Crippen LogP contribution in [0.1, 0.15) is 32.0 Å². The normalized spacial score (nSPS) is 10.6. The molecular formula is C12H15N3O3. The molecule has 0 bridgehead atoms. The van der Waals surface area contributed by atoms with Gasteiger partial charge in [-0.15, -0.1) is 0 Å². The Morgan fingerprint density at radius 2 is 2.28 bits per heavy atom. The zero-order valence-corrected chi connectivity index (χ0v) is 10.5. The van der Waals surface area contributed by atoms with Crippen molar-refractivity contribution in [3.63, 3.8) is 0 Å². The topological polar surface area (TPSA) is 95.2 Å². The average Bonchev–Trinajstić information content (AvgIpc) is 2.24. The van der Waals surface area contributed by atoms with E-state index < -0.39 is 11.7 Å². The molecule has 0 spiro atoms. The number of hydrogen-bond acceptors (Lipinski definition) is 5. The van der Waals surface area contributed by atoms with Crippen molar-refractivity contribution in [1.82, 2.24) is 10.3 Å². The quantitative estimate of drug-likeness (QED) is 0.831. The first-order valence-electron chi connectivity index (χ1n) is 5.36. The van der Waals surface area contributed by atoms with E-state index in [0.717, 1.165) is 0 Å². The highest BCUT2D eigenvalue weighted by molar-refractivity contribution is 5.67. The van der Waals surface area contributed by atoms with Gasteiger partial charge in [-0.05, 0) is 32.4 Å². The van der Waals surface area contributed by atoms with E-state index in [-0.39, 0.29) is 18.0 Å². The summed E-state index contributed by atoms with van der Waals surface area (Å²) in [5.74, 6) is -0.207. The standard InChI is InChI=1S/C12H15N3O3/c1-12(2,3)18-11(17)15-7-8-4-10(16)9(5-13)14-6-8/h4,6,16H,7H2,1-3H3,(H,15,17). The van der Waals surface area contributed by atoms with Crippen LogP contribution in [0.15, 0.2) is 12.3 Å². The Morgan fingerprint density at radius 1 is 1.61 bits per heavy atom. The summed E-state index contributed by atoms with van der Waals surface area (Å²) in [5.41, 5.74) is -0.0248. The molecule has 0 saturated heterocycles. The molecule has 96 valence electrons. The van der Waals surface area contributed by atoms with Crippen molar-refractivity contribution in [3.8, 4) is 11.8 Å². The maximum absolute atomic E-state index is 11.4. The lowest BCUT2D eigenvalue weighted by Crippen LogP contribution is -2.32. The molecule has 6 heteroatoms. The molecule has 18 heavy (non-hydrogen) atoms. The minimum Gasteiger partial charge on any atom is -0.505 e. The molecule has 0 radical (unpaired) electrons.